The molecule has 35 heavy (non-hydrogen) atoms. The number of nitrogens with two attached hydrogens (primary N) is 1. The zero-order chi connectivity index (χ0) is 25.3. The number of anilines is 1. The molecule has 1 aromatic heterocycles. The molecule has 1 aliphatic rings. The second-order valence-electron chi connectivity index (χ2n) is 9.75. The van der Waals surface area contributed by atoms with E-state index in [-0.39, 0.29) is 23.9 Å². The van der Waals surface area contributed by atoms with Crippen molar-refractivity contribution >= 4 is 46.0 Å². The molecule has 3 aromatic rings. The molecule has 0 radical (unpaired) electrons. The van der Waals surface area contributed by atoms with E-state index in [4.69, 9.17) is 33.7 Å². The zero-order valence-electron chi connectivity index (χ0n) is 19.7. The number of primary amides is 1. The van der Waals surface area contributed by atoms with Gasteiger partial charge in [-0.1, -0.05) is 37.0 Å². The standard InChI is InChI=1S/C25H29Cl2FN4O3/c1-25(2,6-8-31-14-30-19-10-17(26)18(27)11-21(19)31)12-22(23(13-33)35-24(29)34)32-7-5-15-9-16(28)3-4-20(15)32/h3-4,9-11,14,22-23,33H,5-8,12-13H2,1-2H3,(H2,29,34)/t22-,23?/m1/s1. The first-order valence-corrected chi connectivity index (χ1v) is 12.3. The van der Waals surface area contributed by atoms with Gasteiger partial charge in [-0.15, -0.1) is 0 Å². The highest BCUT2D eigenvalue weighted by Crippen LogP contribution is 2.38. The van der Waals surface area contributed by atoms with Crippen LogP contribution >= 0.6 is 23.2 Å². The first kappa shape index (κ1) is 25.5. The normalized spacial score (nSPS) is 15.3. The van der Waals surface area contributed by atoms with Gasteiger partial charge in [0, 0.05) is 18.8 Å². The Morgan fingerprint density at radius 1 is 1.29 bits per heavy atom. The van der Waals surface area contributed by atoms with Crippen molar-refractivity contribution in [2.45, 2.75) is 51.8 Å². The van der Waals surface area contributed by atoms with Gasteiger partial charge in [-0.2, -0.15) is 0 Å². The first-order chi connectivity index (χ1) is 16.6. The summed E-state index contributed by atoms with van der Waals surface area (Å²) >= 11 is 12.3. The Hall–Kier alpha value is -2.55. The molecule has 0 spiro atoms. The van der Waals surface area contributed by atoms with Gasteiger partial charge in [0.25, 0.3) is 0 Å². The highest BCUT2D eigenvalue weighted by Gasteiger charge is 2.37. The van der Waals surface area contributed by atoms with Gasteiger partial charge in [-0.05, 0) is 60.6 Å². The molecule has 7 nitrogen and oxygen atoms in total. The average Bonchev–Trinajstić information content (AvgIpc) is 3.38. The minimum absolute atomic E-state index is 0.227. The zero-order valence-corrected chi connectivity index (χ0v) is 21.2. The van der Waals surface area contributed by atoms with Crippen molar-refractivity contribution in [3.8, 4) is 0 Å². The maximum Gasteiger partial charge on any atom is 0.404 e. The second-order valence-corrected chi connectivity index (χ2v) is 10.6. The molecular weight excluding hydrogens is 494 g/mol. The van der Waals surface area contributed by atoms with Gasteiger partial charge >= 0.3 is 6.09 Å². The van der Waals surface area contributed by atoms with Crippen molar-refractivity contribution in [1.82, 2.24) is 9.55 Å². The third-order valence-electron chi connectivity index (χ3n) is 6.70. The van der Waals surface area contributed by atoms with Gasteiger partial charge in [0.2, 0.25) is 0 Å². The number of hydrogen-bond acceptors (Lipinski definition) is 5. The fourth-order valence-electron chi connectivity index (χ4n) is 4.89. The Morgan fingerprint density at radius 3 is 2.74 bits per heavy atom. The van der Waals surface area contributed by atoms with Crippen LogP contribution in [-0.4, -0.2) is 46.0 Å². The number of hydrogen-bond donors (Lipinski definition) is 2. The summed E-state index contributed by atoms with van der Waals surface area (Å²) in [5, 5.41) is 11.0. The molecule has 0 fully saturated rings. The lowest BCUT2D eigenvalue weighted by Gasteiger charge is -2.40. The number of halogens is 3. The fourth-order valence-corrected chi connectivity index (χ4v) is 5.21. The fraction of sp³-hybridized carbons (Fsp3) is 0.440. The van der Waals surface area contributed by atoms with Crippen molar-refractivity contribution in [2.24, 2.45) is 11.1 Å². The van der Waals surface area contributed by atoms with Crippen LogP contribution in [0, 0.1) is 11.2 Å². The molecule has 0 aliphatic carbocycles. The number of carbonyl (C=O) groups excluding carboxylic acids is 1. The van der Waals surface area contributed by atoms with Crippen molar-refractivity contribution in [2.75, 3.05) is 18.1 Å². The summed E-state index contributed by atoms with van der Waals surface area (Å²) in [6.07, 6.45) is 2.05. The molecule has 10 heteroatoms. The molecule has 1 aliphatic heterocycles. The molecule has 188 valence electrons. The minimum Gasteiger partial charge on any atom is -0.442 e. The summed E-state index contributed by atoms with van der Waals surface area (Å²) in [5.41, 5.74) is 8.52. The van der Waals surface area contributed by atoms with E-state index in [2.05, 4.69) is 23.7 Å². The van der Waals surface area contributed by atoms with Crippen molar-refractivity contribution in [3.63, 3.8) is 0 Å². The molecule has 1 unspecified atom stereocenters. The topological polar surface area (TPSA) is 93.6 Å². The first-order valence-electron chi connectivity index (χ1n) is 11.5. The molecule has 0 bridgehead atoms. The summed E-state index contributed by atoms with van der Waals surface area (Å²) < 4.78 is 21.1. The highest BCUT2D eigenvalue weighted by atomic mass is 35.5. The van der Waals surface area contributed by atoms with E-state index in [1.54, 1.807) is 18.5 Å². The molecule has 1 amide bonds. The molecule has 2 atom stereocenters. The predicted octanol–water partition coefficient (Wildman–Crippen LogP) is 5.18. The number of rotatable bonds is 9. The lowest BCUT2D eigenvalue weighted by atomic mass is 9.80. The Balaban J connectivity index is 1.56. The van der Waals surface area contributed by atoms with Crippen LogP contribution in [0.25, 0.3) is 11.0 Å². The number of aryl methyl sites for hydroxylation is 1. The number of aromatic nitrogens is 2. The van der Waals surface area contributed by atoms with E-state index >= 15 is 0 Å². The second kappa shape index (κ2) is 10.2. The van der Waals surface area contributed by atoms with Gasteiger partial charge in [0.15, 0.2) is 0 Å². The molecule has 2 aromatic carbocycles. The monoisotopic (exact) mass is 522 g/mol. The molecule has 0 saturated heterocycles. The minimum atomic E-state index is -0.939. The van der Waals surface area contributed by atoms with Crippen LogP contribution in [0.1, 0.15) is 32.3 Å². The number of aliphatic hydroxyl groups excluding tert-OH is 1. The molecule has 2 heterocycles. The lowest BCUT2D eigenvalue weighted by molar-refractivity contribution is 0.0351. The molecule has 4 rings (SSSR count). The SMILES string of the molecule is CC(C)(CCn1cnc2cc(Cl)c(Cl)cc21)C[C@H](C(CO)OC(N)=O)N1CCc2cc(F)ccc21. The van der Waals surface area contributed by atoms with E-state index in [0.717, 1.165) is 28.7 Å². The van der Waals surface area contributed by atoms with E-state index in [0.29, 0.717) is 36.0 Å². The predicted molar refractivity (Wildman–Crippen MR) is 136 cm³/mol. The maximum absolute atomic E-state index is 13.8. The number of aliphatic hydroxyl groups is 1. The van der Waals surface area contributed by atoms with Gasteiger partial charge in [0.05, 0.1) is 40.1 Å². The van der Waals surface area contributed by atoms with E-state index in [1.807, 2.05) is 10.6 Å². The van der Waals surface area contributed by atoms with Crippen molar-refractivity contribution < 1.29 is 19.0 Å². The number of fused-ring (bicyclic) bond motifs is 2. The van der Waals surface area contributed by atoms with Crippen LogP contribution in [0.4, 0.5) is 14.9 Å². The summed E-state index contributed by atoms with van der Waals surface area (Å²) in [6.45, 7) is 5.19. The summed E-state index contributed by atoms with van der Waals surface area (Å²) in [5.74, 6) is -0.288. The van der Waals surface area contributed by atoms with Gasteiger partial charge in [-0.3, -0.25) is 0 Å². The lowest BCUT2D eigenvalue weighted by Crippen LogP contribution is -2.49. The molecule has 3 N–H and O–H groups in total. The number of carbonyl (C=O) groups is 1. The molecular formula is C25H29Cl2FN4O3. The van der Waals surface area contributed by atoms with Crippen LogP contribution in [-0.2, 0) is 17.7 Å². The number of benzene rings is 2. The van der Waals surface area contributed by atoms with Crippen LogP contribution < -0.4 is 10.6 Å². The summed E-state index contributed by atoms with van der Waals surface area (Å²) in [4.78, 5) is 18.1. The third kappa shape index (κ3) is 5.66. The quantitative estimate of drug-likeness (QED) is 0.404. The summed E-state index contributed by atoms with van der Waals surface area (Å²) in [7, 11) is 0. The van der Waals surface area contributed by atoms with Gasteiger partial charge in [-0.25, -0.2) is 14.2 Å². The van der Waals surface area contributed by atoms with Crippen LogP contribution in [0.5, 0.6) is 0 Å². The Labute approximate surface area is 213 Å². The number of imidazole rings is 1. The smallest absolute Gasteiger partial charge is 0.404 e. The van der Waals surface area contributed by atoms with Crippen LogP contribution in [0.2, 0.25) is 10.0 Å². The van der Waals surface area contributed by atoms with Gasteiger partial charge < -0.3 is 25.0 Å². The number of amides is 1. The van der Waals surface area contributed by atoms with Crippen molar-refractivity contribution in [1.29, 1.82) is 0 Å². The number of ether oxygens (including phenoxy) is 1. The highest BCUT2D eigenvalue weighted by molar-refractivity contribution is 6.42. The Bertz CT molecular complexity index is 1230. The molecule has 0 saturated carbocycles. The van der Waals surface area contributed by atoms with E-state index in [9.17, 15) is 14.3 Å². The summed E-state index contributed by atoms with van der Waals surface area (Å²) in [6, 6.07) is 7.90. The van der Waals surface area contributed by atoms with Crippen molar-refractivity contribution in [3.05, 3.63) is 58.1 Å². The average molecular weight is 523 g/mol. The van der Waals surface area contributed by atoms with Crippen LogP contribution in [0.3, 0.4) is 0 Å². The van der Waals surface area contributed by atoms with Gasteiger partial charge in [0.1, 0.15) is 11.9 Å². The van der Waals surface area contributed by atoms with E-state index in [1.165, 1.54) is 12.1 Å². The number of nitrogens with zero attached hydrogens (tertiary/aromatic N) is 3. The largest absolute Gasteiger partial charge is 0.442 e. The van der Waals surface area contributed by atoms with Crippen LogP contribution in [0.15, 0.2) is 36.7 Å². The van der Waals surface area contributed by atoms with E-state index < -0.39 is 12.2 Å². The third-order valence-corrected chi connectivity index (χ3v) is 7.43. The Kier molecular flexibility index (Phi) is 7.45. The Morgan fingerprint density at radius 2 is 2.03 bits per heavy atom. The maximum atomic E-state index is 13.8.